The number of pyridine rings is 1. The van der Waals surface area contributed by atoms with Crippen molar-refractivity contribution in [3.8, 4) is 11.5 Å². The first-order valence-electron chi connectivity index (χ1n) is 7.04. The Morgan fingerprint density at radius 1 is 1.18 bits per heavy atom. The average molecular weight is 299 g/mol. The van der Waals surface area contributed by atoms with Crippen molar-refractivity contribution in [1.29, 1.82) is 0 Å². The van der Waals surface area contributed by atoms with Crippen molar-refractivity contribution in [2.24, 2.45) is 0 Å². The molecule has 0 saturated heterocycles. The number of rotatable bonds is 5. The summed E-state index contributed by atoms with van der Waals surface area (Å²) in [6.07, 6.45) is 3.29. The van der Waals surface area contributed by atoms with Crippen molar-refractivity contribution in [3.05, 3.63) is 42.2 Å². The van der Waals surface area contributed by atoms with Crippen LogP contribution in [0.25, 0.3) is 11.5 Å². The summed E-state index contributed by atoms with van der Waals surface area (Å²) in [5, 5.41) is 7.84. The lowest BCUT2D eigenvalue weighted by molar-refractivity contribution is 0.411. The molecule has 0 aliphatic rings. The topological polar surface area (TPSA) is 81.1 Å². The van der Waals surface area contributed by atoms with Crippen LogP contribution in [0, 0.1) is 0 Å². The van der Waals surface area contributed by atoms with E-state index in [4.69, 9.17) is 9.05 Å². The van der Waals surface area contributed by atoms with Gasteiger partial charge < -0.3 is 13.9 Å². The smallest absolute Gasteiger partial charge is 0.259 e. The second-order valence-electron chi connectivity index (χ2n) is 5.36. The molecule has 0 amide bonds. The first-order valence-corrected chi connectivity index (χ1v) is 7.04. The van der Waals surface area contributed by atoms with Gasteiger partial charge in [-0.2, -0.15) is 4.98 Å². The van der Waals surface area contributed by atoms with Gasteiger partial charge in [0.1, 0.15) is 17.8 Å². The predicted molar refractivity (Wildman–Crippen MR) is 80.2 cm³/mol. The summed E-state index contributed by atoms with van der Waals surface area (Å²) in [6, 6.07) is 5.66. The Bertz CT molecular complexity index is 719. The fourth-order valence-corrected chi connectivity index (χ4v) is 1.97. The van der Waals surface area contributed by atoms with Crippen LogP contribution in [0.3, 0.4) is 0 Å². The Morgan fingerprint density at radius 2 is 2.05 bits per heavy atom. The van der Waals surface area contributed by atoms with Crippen LogP contribution in [-0.4, -0.2) is 27.3 Å². The molecule has 0 atom stereocenters. The van der Waals surface area contributed by atoms with E-state index in [0.717, 1.165) is 17.1 Å². The fraction of sp³-hybridized carbons (Fsp3) is 0.333. The Labute approximate surface area is 128 Å². The molecule has 0 aliphatic carbocycles. The molecule has 7 heteroatoms. The monoisotopic (exact) mass is 299 g/mol. The van der Waals surface area contributed by atoms with Crippen LogP contribution in [0.1, 0.15) is 31.3 Å². The molecule has 0 N–H and O–H groups in total. The molecule has 0 spiro atoms. The standard InChI is InChI=1S/C15H17N5O2/c1-10(2)14-17-15(22-19-14)11-4-5-13(16-8-11)20(3)9-12-6-7-21-18-12/h4-8,10H,9H2,1-3H3. The van der Waals surface area contributed by atoms with Gasteiger partial charge in [0.2, 0.25) is 0 Å². The predicted octanol–water partition coefficient (Wildman–Crippen LogP) is 2.88. The van der Waals surface area contributed by atoms with Crippen molar-refractivity contribution in [3.63, 3.8) is 0 Å². The second kappa shape index (κ2) is 5.97. The molecule has 3 rings (SSSR count). The average Bonchev–Trinajstić information content (AvgIpc) is 3.18. The number of hydrogen-bond donors (Lipinski definition) is 0. The van der Waals surface area contributed by atoms with Gasteiger partial charge in [-0.15, -0.1) is 0 Å². The quantitative estimate of drug-likeness (QED) is 0.716. The Balaban J connectivity index is 1.74. The van der Waals surface area contributed by atoms with E-state index in [-0.39, 0.29) is 5.92 Å². The number of anilines is 1. The molecule has 3 heterocycles. The lowest BCUT2D eigenvalue weighted by atomic mass is 10.2. The van der Waals surface area contributed by atoms with Gasteiger partial charge in [-0.25, -0.2) is 4.98 Å². The number of aromatic nitrogens is 4. The maximum atomic E-state index is 5.26. The van der Waals surface area contributed by atoms with Gasteiger partial charge in [-0.05, 0) is 12.1 Å². The van der Waals surface area contributed by atoms with Crippen LogP contribution in [0.2, 0.25) is 0 Å². The zero-order valence-corrected chi connectivity index (χ0v) is 12.7. The summed E-state index contributed by atoms with van der Waals surface area (Å²) in [7, 11) is 1.94. The summed E-state index contributed by atoms with van der Waals surface area (Å²) in [5.74, 6) is 2.25. The highest BCUT2D eigenvalue weighted by Gasteiger charge is 2.12. The van der Waals surface area contributed by atoms with Crippen molar-refractivity contribution < 1.29 is 9.05 Å². The van der Waals surface area contributed by atoms with Crippen molar-refractivity contribution in [1.82, 2.24) is 20.3 Å². The zero-order chi connectivity index (χ0) is 15.5. The first-order chi connectivity index (χ1) is 10.6. The van der Waals surface area contributed by atoms with Crippen LogP contribution >= 0.6 is 0 Å². The maximum Gasteiger partial charge on any atom is 0.259 e. The van der Waals surface area contributed by atoms with Crippen LogP contribution in [0.15, 0.2) is 39.7 Å². The molecule has 0 bridgehead atoms. The minimum absolute atomic E-state index is 0.235. The number of hydrogen-bond acceptors (Lipinski definition) is 7. The van der Waals surface area contributed by atoms with Gasteiger partial charge in [0, 0.05) is 25.2 Å². The normalized spacial score (nSPS) is 11.1. The van der Waals surface area contributed by atoms with Crippen LogP contribution in [-0.2, 0) is 6.54 Å². The van der Waals surface area contributed by atoms with E-state index in [0.29, 0.717) is 18.3 Å². The van der Waals surface area contributed by atoms with E-state index in [1.807, 2.05) is 44.0 Å². The fourth-order valence-electron chi connectivity index (χ4n) is 1.97. The molecule has 0 radical (unpaired) electrons. The third-order valence-corrected chi connectivity index (χ3v) is 3.23. The van der Waals surface area contributed by atoms with Crippen molar-refractivity contribution in [2.45, 2.75) is 26.3 Å². The summed E-state index contributed by atoms with van der Waals surface area (Å²) in [4.78, 5) is 10.8. The van der Waals surface area contributed by atoms with E-state index >= 15 is 0 Å². The highest BCUT2D eigenvalue weighted by atomic mass is 16.5. The molecule has 7 nitrogen and oxygen atoms in total. The summed E-state index contributed by atoms with van der Waals surface area (Å²) in [6.45, 7) is 4.67. The van der Waals surface area contributed by atoms with Crippen molar-refractivity contribution in [2.75, 3.05) is 11.9 Å². The largest absolute Gasteiger partial charge is 0.364 e. The summed E-state index contributed by atoms with van der Waals surface area (Å²) >= 11 is 0. The van der Waals surface area contributed by atoms with E-state index in [2.05, 4.69) is 20.3 Å². The molecule has 0 unspecified atom stereocenters. The lowest BCUT2D eigenvalue weighted by Crippen LogP contribution is -2.17. The summed E-state index contributed by atoms with van der Waals surface area (Å²) < 4.78 is 10.1. The molecule has 0 saturated carbocycles. The third kappa shape index (κ3) is 2.98. The SMILES string of the molecule is CC(C)c1noc(-c2ccc(N(C)Cc3ccon3)nc2)n1. The van der Waals surface area contributed by atoms with Crippen LogP contribution < -0.4 is 4.90 Å². The van der Waals surface area contributed by atoms with Gasteiger partial charge in [0.15, 0.2) is 5.82 Å². The van der Waals surface area contributed by atoms with E-state index in [1.165, 1.54) is 0 Å². The maximum absolute atomic E-state index is 5.26. The molecular weight excluding hydrogens is 282 g/mol. The Hall–Kier alpha value is -2.70. The van der Waals surface area contributed by atoms with Gasteiger partial charge in [0.25, 0.3) is 5.89 Å². The molecular formula is C15H17N5O2. The van der Waals surface area contributed by atoms with E-state index in [9.17, 15) is 0 Å². The number of nitrogens with zero attached hydrogens (tertiary/aromatic N) is 5. The van der Waals surface area contributed by atoms with Crippen LogP contribution in [0.5, 0.6) is 0 Å². The summed E-state index contributed by atoms with van der Waals surface area (Å²) in [5.41, 5.74) is 1.66. The van der Waals surface area contributed by atoms with Gasteiger partial charge in [0.05, 0.1) is 12.1 Å². The third-order valence-electron chi connectivity index (χ3n) is 3.23. The minimum atomic E-state index is 0.235. The van der Waals surface area contributed by atoms with Crippen molar-refractivity contribution >= 4 is 5.82 Å². The molecule has 114 valence electrons. The Kier molecular flexibility index (Phi) is 3.86. The van der Waals surface area contributed by atoms with Crippen LogP contribution in [0.4, 0.5) is 5.82 Å². The Morgan fingerprint density at radius 3 is 2.64 bits per heavy atom. The second-order valence-corrected chi connectivity index (χ2v) is 5.36. The highest BCUT2D eigenvalue weighted by Crippen LogP contribution is 2.21. The highest BCUT2D eigenvalue weighted by molar-refractivity contribution is 5.54. The first kappa shape index (κ1) is 14.2. The molecule has 0 fully saturated rings. The molecule has 0 aliphatic heterocycles. The van der Waals surface area contributed by atoms with E-state index in [1.54, 1.807) is 12.5 Å². The van der Waals surface area contributed by atoms with Gasteiger partial charge in [-0.3, -0.25) is 0 Å². The molecule has 3 aromatic rings. The zero-order valence-electron chi connectivity index (χ0n) is 12.7. The minimum Gasteiger partial charge on any atom is -0.364 e. The van der Waals surface area contributed by atoms with E-state index < -0.39 is 0 Å². The molecule has 3 aromatic heterocycles. The van der Waals surface area contributed by atoms with Gasteiger partial charge >= 0.3 is 0 Å². The molecule has 0 aromatic carbocycles. The lowest BCUT2D eigenvalue weighted by Gasteiger charge is -2.16. The van der Waals surface area contributed by atoms with Gasteiger partial charge in [-0.1, -0.05) is 24.2 Å². The molecule has 22 heavy (non-hydrogen) atoms.